The molecule has 8 nitrogen and oxygen atoms in total. The molecule has 3 aromatic carbocycles. The number of rotatable bonds is 11. The van der Waals surface area contributed by atoms with Crippen LogP contribution in [-0.2, 0) is 32.5 Å². The van der Waals surface area contributed by atoms with Crippen molar-refractivity contribution in [3.63, 3.8) is 0 Å². The van der Waals surface area contributed by atoms with E-state index in [2.05, 4.69) is 10.0 Å². The van der Waals surface area contributed by atoms with Gasteiger partial charge in [-0.25, -0.2) is 8.42 Å². The van der Waals surface area contributed by atoms with Gasteiger partial charge in [-0.15, -0.1) is 0 Å². The third-order valence-corrected chi connectivity index (χ3v) is 6.73. The Balaban J connectivity index is 1.79. The first-order valence-corrected chi connectivity index (χ1v) is 12.6. The molecule has 3 rings (SSSR count). The maximum atomic E-state index is 13.1. The van der Waals surface area contributed by atoms with Gasteiger partial charge in [-0.1, -0.05) is 43.3 Å². The Kier molecular flexibility index (Phi) is 8.62. The lowest BCUT2D eigenvalue weighted by Gasteiger charge is -2.19. The first-order valence-electron chi connectivity index (χ1n) is 11.1. The van der Waals surface area contributed by atoms with Crippen LogP contribution in [0.1, 0.15) is 23.6 Å². The smallest absolute Gasteiger partial charge is 0.307 e. The number of sulfonamides is 1. The maximum absolute atomic E-state index is 13.1. The van der Waals surface area contributed by atoms with Gasteiger partial charge in [0.15, 0.2) is 0 Å². The quantitative estimate of drug-likeness (QED) is 0.373. The number of aliphatic carboxylic acids is 1. The molecule has 0 radical (unpaired) electrons. The Bertz CT molecular complexity index is 1270. The van der Waals surface area contributed by atoms with Crippen molar-refractivity contribution in [1.82, 2.24) is 4.72 Å². The van der Waals surface area contributed by atoms with Gasteiger partial charge in [-0.2, -0.15) is 4.72 Å². The Morgan fingerprint density at radius 3 is 2.23 bits per heavy atom. The van der Waals surface area contributed by atoms with Gasteiger partial charge in [0, 0.05) is 5.69 Å². The average molecular weight is 497 g/mol. The fourth-order valence-electron chi connectivity index (χ4n) is 3.32. The van der Waals surface area contributed by atoms with E-state index in [-0.39, 0.29) is 17.9 Å². The van der Waals surface area contributed by atoms with Crippen molar-refractivity contribution in [2.24, 2.45) is 0 Å². The number of anilines is 1. The minimum atomic E-state index is -4.01. The molecule has 1 atom stereocenters. The lowest BCUT2D eigenvalue weighted by Crippen LogP contribution is -2.47. The summed E-state index contributed by atoms with van der Waals surface area (Å²) >= 11 is 0. The van der Waals surface area contributed by atoms with Gasteiger partial charge in [-0.3, -0.25) is 9.59 Å². The molecule has 3 aromatic rings. The summed E-state index contributed by atoms with van der Waals surface area (Å²) in [5.41, 5.74) is 2.93. The van der Waals surface area contributed by atoms with Gasteiger partial charge in [0.05, 0.1) is 11.3 Å². The van der Waals surface area contributed by atoms with Gasteiger partial charge < -0.3 is 15.2 Å². The molecule has 0 aromatic heterocycles. The number of aryl methyl sites for hydroxylation is 2. The van der Waals surface area contributed by atoms with Crippen molar-refractivity contribution in [1.29, 1.82) is 0 Å². The van der Waals surface area contributed by atoms with Crippen molar-refractivity contribution >= 4 is 27.6 Å². The molecule has 0 aliphatic rings. The second-order valence-electron chi connectivity index (χ2n) is 8.06. The number of amides is 1. The van der Waals surface area contributed by atoms with Gasteiger partial charge in [0.1, 0.15) is 18.4 Å². The number of carboxylic acid groups (broad SMARTS) is 1. The summed E-state index contributed by atoms with van der Waals surface area (Å²) in [4.78, 5) is 24.0. The van der Waals surface area contributed by atoms with Crippen LogP contribution in [0.4, 0.5) is 5.69 Å². The fourth-order valence-corrected chi connectivity index (χ4v) is 4.50. The molecule has 0 fully saturated rings. The summed E-state index contributed by atoms with van der Waals surface area (Å²) in [6.45, 7) is 3.63. The van der Waals surface area contributed by atoms with Crippen molar-refractivity contribution in [2.45, 2.75) is 37.6 Å². The third-order valence-electron chi connectivity index (χ3n) is 5.24. The average Bonchev–Trinajstić information content (AvgIpc) is 2.82. The number of ether oxygens (including phenoxy) is 1. The zero-order chi connectivity index (χ0) is 25.4. The molecular weight excluding hydrogens is 468 g/mol. The van der Waals surface area contributed by atoms with Crippen LogP contribution < -0.4 is 14.8 Å². The van der Waals surface area contributed by atoms with E-state index in [0.717, 1.165) is 17.5 Å². The largest absolute Gasteiger partial charge is 0.491 e. The first kappa shape index (κ1) is 25.9. The van der Waals surface area contributed by atoms with E-state index in [1.54, 1.807) is 54.6 Å². The van der Waals surface area contributed by atoms with E-state index in [4.69, 9.17) is 9.84 Å². The van der Waals surface area contributed by atoms with Crippen LogP contribution in [-0.4, -0.2) is 38.0 Å². The second-order valence-corrected chi connectivity index (χ2v) is 9.77. The van der Waals surface area contributed by atoms with Gasteiger partial charge in [0.25, 0.3) is 0 Å². The molecule has 0 aliphatic carbocycles. The van der Waals surface area contributed by atoms with Crippen LogP contribution in [0.5, 0.6) is 5.75 Å². The molecule has 0 heterocycles. The van der Waals surface area contributed by atoms with E-state index in [9.17, 15) is 18.0 Å². The number of nitrogens with one attached hydrogen (secondary N) is 2. The first-order chi connectivity index (χ1) is 16.7. The lowest BCUT2D eigenvalue weighted by molar-refractivity contribution is -0.136. The normalized spacial score (nSPS) is 12.1. The third kappa shape index (κ3) is 7.66. The van der Waals surface area contributed by atoms with Crippen LogP contribution in [0.2, 0.25) is 0 Å². The van der Waals surface area contributed by atoms with Crippen molar-refractivity contribution in [3.05, 3.63) is 89.5 Å². The summed E-state index contributed by atoms with van der Waals surface area (Å²) in [6, 6.07) is 18.7. The SMILES string of the molecule is CCc1ccc(S(=O)(=O)NC(COc2cccc(C)c2)C(=O)Nc2ccc(CC(=O)O)cc2)cc1. The molecule has 0 aliphatic heterocycles. The topological polar surface area (TPSA) is 122 Å². The summed E-state index contributed by atoms with van der Waals surface area (Å²) < 4.78 is 34.2. The minimum absolute atomic E-state index is 0.0427. The van der Waals surface area contributed by atoms with Crippen LogP contribution in [0.3, 0.4) is 0 Å². The van der Waals surface area contributed by atoms with Gasteiger partial charge >= 0.3 is 5.97 Å². The monoisotopic (exact) mass is 496 g/mol. The molecule has 1 amide bonds. The molecule has 1 unspecified atom stereocenters. The van der Waals surface area contributed by atoms with Gasteiger partial charge in [-0.05, 0) is 66.4 Å². The number of carbonyl (C=O) groups excluding carboxylic acids is 1. The second kappa shape index (κ2) is 11.6. The molecule has 0 saturated heterocycles. The van der Waals surface area contributed by atoms with E-state index in [0.29, 0.717) is 17.0 Å². The summed E-state index contributed by atoms with van der Waals surface area (Å²) in [5.74, 6) is -1.07. The Hall–Kier alpha value is -3.69. The van der Waals surface area contributed by atoms with Crippen molar-refractivity contribution in [2.75, 3.05) is 11.9 Å². The van der Waals surface area contributed by atoms with E-state index < -0.39 is 27.9 Å². The lowest BCUT2D eigenvalue weighted by atomic mass is 10.1. The molecule has 3 N–H and O–H groups in total. The van der Waals surface area contributed by atoms with Crippen LogP contribution >= 0.6 is 0 Å². The van der Waals surface area contributed by atoms with E-state index in [1.165, 1.54) is 12.1 Å². The zero-order valence-electron chi connectivity index (χ0n) is 19.5. The number of carboxylic acids is 1. The Morgan fingerprint density at radius 1 is 0.971 bits per heavy atom. The standard InChI is InChI=1S/C26H28N2O6S/c1-3-19-9-13-23(14-10-19)35(32,33)28-24(17-34-22-6-4-5-18(2)15-22)26(31)27-21-11-7-20(8-12-21)16-25(29)30/h4-15,24,28H,3,16-17H2,1-2H3,(H,27,31)(H,29,30). The van der Waals surface area contributed by atoms with E-state index >= 15 is 0 Å². The summed E-state index contributed by atoms with van der Waals surface area (Å²) in [7, 11) is -4.01. The molecule has 0 saturated carbocycles. The van der Waals surface area contributed by atoms with E-state index in [1.807, 2.05) is 19.9 Å². The molecular formula is C26H28N2O6S. The van der Waals surface area contributed by atoms with Crippen LogP contribution in [0, 0.1) is 6.92 Å². The Morgan fingerprint density at radius 2 is 1.63 bits per heavy atom. The highest BCUT2D eigenvalue weighted by molar-refractivity contribution is 7.89. The Labute approximate surface area is 205 Å². The number of carbonyl (C=O) groups is 2. The van der Waals surface area contributed by atoms with Gasteiger partial charge in [0.2, 0.25) is 15.9 Å². The molecule has 184 valence electrons. The van der Waals surface area contributed by atoms with Crippen LogP contribution in [0.15, 0.2) is 77.7 Å². The number of hydrogen-bond acceptors (Lipinski definition) is 5. The summed E-state index contributed by atoms with van der Waals surface area (Å²) in [5, 5.41) is 11.6. The minimum Gasteiger partial charge on any atom is -0.491 e. The number of benzene rings is 3. The molecule has 35 heavy (non-hydrogen) atoms. The zero-order valence-corrected chi connectivity index (χ0v) is 20.3. The predicted octanol–water partition coefficient (Wildman–Crippen LogP) is 3.55. The molecule has 0 spiro atoms. The number of hydrogen-bond donors (Lipinski definition) is 3. The van der Waals surface area contributed by atoms with Crippen LogP contribution in [0.25, 0.3) is 0 Å². The molecule has 0 bridgehead atoms. The van der Waals surface area contributed by atoms with Crippen molar-refractivity contribution < 1.29 is 27.9 Å². The molecule has 9 heteroatoms. The predicted molar refractivity (Wildman–Crippen MR) is 133 cm³/mol. The fraction of sp³-hybridized carbons (Fsp3) is 0.231. The highest BCUT2D eigenvalue weighted by Crippen LogP contribution is 2.16. The highest BCUT2D eigenvalue weighted by Gasteiger charge is 2.27. The van der Waals surface area contributed by atoms with Crippen molar-refractivity contribution in [3.8, 4) is 5.75 Å². The maximum Gasteiger partial charge on any atom is 0.307 e. The summed E-state index contributed by atoms with van der Waals surface area (Å²) in [6.07, 6.45) is 0.631. The highest BCUT2D eigenvalue weighted by atomic mass is 32.2.